The molecule has 0 aromatic heterocycles. The lowest BCUT2D eigenvalue weighted by Crippen LogP contribution is -2.31. The molecule has 0 saturated carbocycles. The Morgan fingerprint density at radius 3 is 2.42 bits per heavy atom. The zero-order valence-electron chi connectivity index (χ0n) is 14.2. The lowest BCUT2D eigenvalue weighted by molar-refractivity contribution is -0.385. The molecule has 0 bridgehead atoms. The molecule has 1 aromatic rings. The second kappa shape index (κ2) is 11.4. The van der Waals surface area contributed by atoms with E-state index < -0.39 is 10.8 Å². The summed E-state index contributed by atoms with van der Waals surface area (Å²) in [4.78, 5) is 26.7. The van der Waals surface area contributed by atoms with Crippen molar-refractivity contribution in [3.05, 3.63) is 33.4 Å². The maximum absolute atomic E-state index is 12.7. The predicted octanol–water partition coefficient (Wildman–Crippen LogP) is 2.94. The Kier molecular flexibility index (Phi) is 10.0. The molecule has 0 aliphatic rings. The van der Waals surface area contributed by atoms with Gasteiger partial charge in [-0.1, -0.05) is 31.9 Å². The summed E-state index contributed by atoms with van der Waals surface area (Å²) >= 11 is 6.72. The van der Waals surface area contributed by atoms with Crippen molar-refractivity contribution < 1.29 is 14.2 Å². The highest BCUT2D eigenvalue weighted by Gasteiger charge is 2.27. The van der Waals surface area contributed by atoms with E-state index in [1.807, 2.05) is 11.0 Å². The number of nitrogens with zero attached hydrogens (tertiary/aromatic N) is 4. The minimum atomic E-state index is -0.642. The average molecular weight is 510 g/mol. The number of anilines is 1. The van der Waals surface area contributed by atoms with Crippen LogP contribution in [0.15, 0.2) is 12.1 Å². The summed E-state index contributed by atoms with van der Waals surface area (Å²) < 4.78 is 4.87. The molecule has 1 rings (SSSR count). The maximum Gasteiger partial charge on any atom is 0.283 e. The Labute approximate surface area is 171 Å². The molecule has 0 spiro atoms. The van der Waals surface area contributed by atoms with Crippen molar-refractivity contribution in [1.82, 2.24) is 4.90 Å². The summed E-state index contributed by atoms with van der Waals surface area (Å²) in [5.74, 6) is -0.498. The van der Waals surface area contributed by atoms with E-state index in [1.165, 1.54) is 11.0 Å². The second-order valence-electron chi connectivity index (χ2n) is 5.22. The number of benzene rings is 1. The van der Waals surface area contributed by atoms with Crippen LogP contribution in [0.4, 0.5) is 11.4 Å². The number of carbonyl (C=O) groups excluding carboxylic acids is 1. The number of nitro groups is 1. The summed E-state index contributed by atoms with van der Waals surface area (Å²) in [7, 11) is 3.63. The minimum Gasteiger partial charge on any atom is -0.369 e. The van der Waals surface area contributed by atoms with E-state index in [-0.39, 0.29) is 30.0 Å². The zero-order valence-corrected chi connectivity index (χ0v) is 18.5. The van der Waals surface area contributed by atoms with Gasteiger partial charge >= 0.3 is 0 Å². The molecule has 0 saturated heterocycles. The molecule has 26 heavy (non-hydrogen) atoms. The Hall–Kier alpha value is -1.27. The SMILES string of the molecule is CN(CCOP)C(=O)c1cc(N(CCBr)CCBr)c(C#N)cc1[N+](=O)[O-]. The number of nitriles is 1. The number of halogens is 2. The molecule has 0 radical (unpaired) electrons. The second-order valence-corrected chi connectivity index (χ2v) is 7.14. The molecular weight excluding hydrogens is 491 g/mol. The topological polar surface area (TPSA) is 99.7 Å². The molecule has 0 aliphatic carbocycles. The standard InChI is InChI=1S/C15H19Br2N4O4P/c1-19(6-7-25-26)15(22)12-9-13(20(4-2-16)5-3-17)11(10-18)8-14(12)21(23)24/h8-9H,2-7,26H2,1H3. The number of rotatable bonds is 10. The lowest BCUT2D eigenvalue weighted by Gasteiger charge is -2.25. The summed E-state index contributed by atoms with van der Waals surface area (Å²) in [6.45, 7) is 1.73. The first-order chi connectivity index (χ1) is 12.4. The van der Waals surface area contributed by atoms with Gasteiger partial charge in [-0.25, -0.2) is 0 Å². The van der Waals surface area contributed by atoms with Crippen LogP contribution in [0.2, 0.25) is 0 Å². The fraction of sp³-hybridized carbons (Fsp3) is 0.467. The molecule has 0 aliphatic heterocycles. The molecule has 142 valence electrons. The van der Waals surface area contributed by atoms with Gasteiger partial charge in [0.1, 0.15) is 11.6 Å². The van der Waals surface area contributed by atoms with Crippen molar-refractivity contribution in [2.45, 2.75) is 0 Å². The number of hydrogen-bond acceptors (Lipinski definition) is 6. The Morgan fingerprint density at radius 2 is 1.96 bits per heavy atom. The third kappa shape index (κ3) is 5.88. The zero-order chi connectivity index (χ0) is 19.7. The Bertz CT molecular complexity index is 693. The monoisotopic (exact) mass is 508 g/mol. The highest BCUT2D eigenvalue weighted by Crippen LogP contribution is 2.30. The molecule has 0 N–H and O–H groups in total. The van der Waals surface area contributed by atoms with Gasteiger partial charge in [0, 0.05) is 52.9 Å². The molecule has 8 nitrogen and oxygen atoms in total. The predicted molar refractivity (Wildman–Crippen MR) is 110 cm³/mol. The smallest absolute Gasteiger partial charge is 0.283 e. The normalized spacial score (nSPS) is 10.3. The van der Waals surface area contributed by atoms with E-state index in [2.05, 4.69) is 41.3 Å². The van der Waals surface area contributed by atoms with Crippen LogP contribution in [-0.2, 0) is 4.52 Å². The van der Waals surface area contributed by atoms with Gasteiger partial charge in [-0.15, -0.1) is 0 Å². The quantitative estimate of drug-likeness (QED) is 0.208. The molecule has 11 heteroatoms. The highest BCUT2D eigenvalue weighted by atomic mass is 79.9. The fourth-order valence-corrected chi connectivity index (χ4v) is 3.27. The van der Waals surface area contributed by atoms with Gasteiger partial charge in [-0.3, -0.25) is 14.9 Å². The van der Waals surface area contributed by atoms with Crippen LogP contribution in [0.25, 0.3) is 0 Å². The van der Waals surface area contributed by atoms with E-state index in [0.717, 1.165) is 6.07 Å². The summed E-state index contributed by atoms with van der Waals surface area (Å²) in [6, 6.07) is 4.59. The first kappa shape index (κ1) is 22.8. The first-order valence-corrected chi connectivity index (χ1v) is 10.3. The molecule has 0 fully saturated rings. The number of hydrogen-bond donors (Lipinski definition) is 0. The van der Waals surface area contributed by atoms with E-state index in [9.17, 15) is 20.2 Å². The average Bonchev–Trinajstić information content (AvgIpc) is 2.64. The number of carbonyl (C=O) groups is 1. The number of amides is 1. The number of nitro benzene ring substituents is 1. The van der Waals surface area contributed by atoms with Gasteiger partial charge < -0.3 is 14.3 Å². The van der Waals surface area contributed by atoms with Crippen LogP contribution in [0.1, 0.15) is 15.9 Å². The van der Waals surface area contributed by atoms with Crippen LogP contribution < -0.4 is 4.90 Å². The summed E-state index contributed by atoms with van der Waals surface area (Å²) in [5.41, 5.74) is 0.220. The van der Waals surface area contributed by atoms with Crippen molar-refractivity contribution in [2.24, 2.45) is 0 Å². The van der Waals surface area contributed by atoms with Gasteiger partial charge in [0.2, 0.25) is 0 Å². The summed E-state index contributed by atoms with van der Waals surface area (Å²) in [6.07, 6.45) is 0. The van der Waals surface area contributed by atoms with Gasteiger partial charge in [-0.05, 0) is 6.07 Å². The van der Waals surface area contributed by atoms with Crippen LogP contribution in [0.3, 0.4) is 0 Å². The fourth-order valence-electron chi connectivity index (χ4n) is 2.30. The van der Waals surface area contributed by atoms with E-state index >= 15 is 0 Å². The third-order valence-electron chi connectivity index (χ3n) is 3.60. The van der Waals surface area contributed by atoms with Crippen LogP contribution >= 0.6 is 41.3 Å². The lowest BCUT2D eigenvalue weighted by atomic mass is 10.0. The van der Waals surface area contributed by atoms with Crippen molar-refractivity contribution in [1.29, 1.82) is 5.26 Å². The van der Waals surface area contributed by atoms with Crippen LogP contribution in [0.5, 0.6) is 0 Å². The minimum absolute atomic E-state index is 0.0515. The van der Waals surface area contributed by atoms with E-state index in [1.54, 1.807) is 7.05 Å². The summed E-state index contributed by atoms with van der Waals surface area (Å²) in [5, 5.41) is 22.2. The maximum atomic E-state index is 12.7. The molecule has 1 aromatic carbocycles. The molecule has 1 unspecified atom stereocenters. The molecule has 0 heterocycles. The number of likely N-dealkylation sites (N-methyl/N-ethyl adjacent to an activating group) is 1. The highest BCUT2D eigenvalue weighted by molar-refractivity contribution is 9.09. The van der Waals surface area contributed by atoms with Crippen LogP contribution in [0, 0.1) is 21.4 Å². The van der Waals surface area contributed by atoms with Gasteiger partial charge in [0.25, 0.3) is 11.6 Å². The van der Waals surface area contributed by atoms with Crippen molar-refractivity contribution in [3.63, 3.8) is 0 Å². The largest absolute Gasteiger partial charge is 0.369 e. The van der Waals surface area contributed by atoms with E-state index in [4.69, 9.17) is 4.52 Å². The van der Waals surface area contributed by atoms with Crippen molar-refractivity contribution in [3.8, 4) is 6.07 Å². The van der Waals surface area contributed by atoms with Gasteiger partial charge in [0.15, 0.2) is 0 Å². The molecule has 1 atom stereocenters. The molecule has 1 amide bonds. The number of alkyl halides is 2. The first-order valence-electron chi connectivity index (χ1n) is 7.57. The Balaban J connectivity index is 3.47. The van der Waals surface area contributed by atoms with Gasteiger partial charge in [-0.2, -0.15) is 5.26 Å². The van der Waals surface area contributed by atoms with E-state index in [0.29, 0.717) is 29.4 Å². The van der Waals surface area contributed by atoms with Crippen molar-refractivity contribution >= 4 is 58.6 Å². The Morgan fingerprint density at radius 1 is 1.35 bits per heavy atom. The molecular formula is C15H19Br2N4O4P. The van der Waals surface area contributed by atoms with Crippen molar-refractivity contribution in [2.75, 3.05) is 48.8 Å². The van der Waals surface area contributed by atoms with Crippen LogP contribution in [-0.4, -0.2) is 59.7 Å². The third-order valence-corrected chi connectivity index (χ3v) is 4.55. The van der Waals surface area contributed by atoms with Gasteiger partial charge in [0.05, 0.1) is 22.8 Å².